The molecule has 1 aromatic heterocycles. The molecule has 2 N–H and O–H groups in total. The quantitative estimate of drug-likeness (QED) is 0.747. The summed E-state index contributed by atoms with van der Waals surface area (Å²) in [6, 6.07) is 0. The van der Waals surface area contributed by atoms with Crippen LogP contribution in [0.5, 0.6) is 0 Å². The van der Waals surface area contributed by atoms with Crippen LogP contribution in [0.1, 0.15) is 24.6 Å². The van der Waals surface area contributed by atoms with E-state index in [1.165, 1.54) is 12.8 Å². The normalized spacial score (nSPS) is 21.2. The lowest BCUT2D eigenvalue weighted by Gasteiger charge is -2.21. The molecule has 1 atom stereocenters. The van der Waals surface area contributed by atoms with Gasteiger partial charge >= 0.3 is 0 Å². The van der Waals surface area contributed by atoms with Crippen molar-refractivity contribution in [1.82, 2.24) is 20.1 Å². The highest BCUT2D eigenvalue weighted by Gasteiger charge is 2.21. The molecule has 1 aliphatic heterocycles. The first-order valence-corrected chi connectivity index (χ1v) is 6.65. The summed E-state index contributed by atoms with van der Waals surface area (Å²) >= 11 is 1.55. The van der Waals surface area contributed by atoms with Crippen molar-refractivity contribution >= 4 is 11.8 Å². The van der Waals surface area contributed by atoms with E-state index in [1.807, 2.05) is 7.05 Å². The number of hydrogen-bond donors (Lipinski definition) is 2. The zero-order valence-corrected chi connectivity index (χ0v) is 10.3. The van der Waals surface area contributed by atoms with E-state index in [9.17, 15) is 0 Å². The predicted octanol–water partition coefficient (Wildman–Crippen LogP) is 0.366. The molecule has 1 saturated heterocycles. The summed E-state index contributed by atoms with van der Waals surface area (Å²) in [7, 11) is 2.00. The highest BCUT2D eigenvalue weighted by molar-refractivity contribution is 7.99. The van der Waals surface area contributed by atoms with Gasteiger partial charge in [0.1, 0.15) is 5.82 Å². The van der Waals surface area contributed by atoms with Crippen molar-refractivity contribution in [2.24, 2.45) is 7.05 Å². The fourth-order valence-electron chi connectivity index (χ4n) is 2.02. The maximum atomic E-state index is 8.79. The molecule has 6 heteroatoms. The van der Waals surface area contributed by atoms with Gasteiger partial charge in [-0.15, -0.1) is 10.2 Å². The minimum Gasteiger partial charge on any atom is -0.396 e. The molecule has 0 radical (unpaired) electrons. The van der Waals surface area contributed by atoms with E-state index in [0.717, 1.165) is 24.1 Å². The minimum atomic E-state index is 0.178. The van der Waals surface area contributed by atoms with E-state index in [0.29, 0.717) is 11.7 Å². The summed E-state index contributed by atoms with van der Waals surface area (Å²) in [6.07, 6.45) is 2.39. The molecule has 1 fully saturated rings. The Morgan fingerprint density at radius 3 is 3.12 bits per heavy atom. The first-order valence-electron chi connectivity index (χ1n) is 5.66. The fourth-order valence-corrected chi connectivity index (χ4v) is 2.68. The summed E-state index contributed by atoms with van der Waals surface area (Å²) in [5.41, 5.74) is 0. The smallest absolute Gasteiger partial charge is 0.191 e. The van der Waals surface area contributed by atoms with Gasteiger partial charge in [-0.3, -0.25) is 0 Å². The second-order valence-electron chi connectivity index (χ2n) is 4.02. The molecule has 2 rings (SSSR count). The number of aliphatic hydroxyl groups is 1. The molecular formula is C10H18N4OS. The van der Waals surface area contributed by atoms with E-state index >= 15 is 0 Å². The Kier molecular flexibility index (Phi) is 4.20. The number of thioether (sulfide) groups is 1. The van der Waals surface area contributed by atoms with Crippen molar-refractivity contribution < 1.29 is 5.11 Å². The molecule has 1 aliphatic rings. The zero-order chi connectivity index (χ0) is 11.4. The van der Waals surface area contributed by atoms with Crippen LogP contribution in [0.15, 0.2) is 5.16 Å². The Morgan fingerprint density at radius 1 is 1.56 bits per heavy atom. The Bertz CT molecular complexity index is 336. The maximum absolute atomic E-state index is 8.79. The number of nitrogens with zero attached hydrogens (tertiary/aromatic N) is 3. The second-order valence-corrected chi connectivity index (χ2v) is 5.08. The third-order valence-corrected chi connectivity index (χ3v) is 3.85. The Morgan fingerprint density at radius 2 is 2.44 bits per heavy atom. The van der Waals surface area contributed by atoms with E-state index < -0.39 is 0 Å². The van der Waals surface area contributed by atoms with E-state index in [-0.39, 0.29) is 6.61 Å². The van der Waals surface area contributed by atoms with Crippen LogP contribution in [0, 0.1) is 0 Å². The standard InChI is InChI=1S/C10H18N4OS/c1-14-9(8-3-2-4-11-7-8)12-13-10(14)16-6-5-15/h8,11,15H,2-7H2,1H3. The maximum Gasteiger partial charge on any atom is 0.191 e. The molecule has 0 saturated carbocycles. The molecule has 0 aliphatic carbocycles. The molecule has 0 amide bonds. The average molecular weight is 242 g/mol. The van der Waals surface area contributed by atoms with Crippen LogP contribution in [0.25, 0.3) is 0 Å². The molecule has 0 bridgehead atoms. The molecule has 1 unspecified atom stereocenters. The summed E-state index contributed by atoms with van der Waals surface area (Å²) in [5, 5.41) is 21.5. The highest BCUT2D eigenvalue weighted by atomic mass is 32.2. The monoisotopic (exact) mass is 242 g/mol. The molecule has 5 nitrogen and oxygen atoms in total. The van der Waals surface area contributed by atoms with Crippen molar-refractivity contribution in [1.29, 1.82) is 0 Å². The topological polar surface area (TPSA) is 63.0 Å². The van der Waals surface area contributed by atoms with Gasteiger partial charge in [-0.1, -0.05) is 11.8 Å². The molecular weight excluding hydrogens is 224 g/mol. The number of aliphatic hydroxyl groups excluding tert-OH is 1. The first-order chi connectivity index (χ1) is 7.83. The first kappa shape index (κ1) is 11.9. The third-order valence-electron chi connectivity index (χ3n) is 2.85. The van der Waals surface area contributed by atoms with Gasteiger partial charge in [-0.2, -0.15) is 0 Å². The van der Waals surface area contributed by atoms with Crippen LogP contribution < -0.4 is 5.32 Å². The van der Waals surface area contributed by atoms with Crippen molar-refractivity contribution in [3.8, 4) is 0 Å². The van der Waals surface area contributed by atoms with Crippen molar-refractivity contribution in [2.45, 2.75) is 23.9 Å². The van der Waals surface area contributed by atoms with Gasteiger partial charge in [0.05, 0.1) is 6.61 Å². The van der Waals surface area contributed by atoms with Gasteiger partial charge in [0, 0.05) is 25.3 Å². The van der Waals surface area contributed by atoms with Crippen LogP contribution in [0.3, 0.4) is 0 Å². The molecule has 16 heavy (non-hydrogen) atoms. The number of piperidine rings is 1. The van der Waals surface area contributed by atoms with Crippen LogP contribution in [0.2, 0.25) is 0 Å². The summed E-state index contributed by atoms with van der Waals surface area (Å²) in [4.78, 5) is 0. The summed E-state index contributed by atoms with van der Waals surface area (Å²) in [5.74, 6) is 2.22. The summed E-state index contributed by atoms with van der Waals surface area (Å²) < 4.78 is 2.05. The van der Waals surface area contributed by atoms with E-state index in [1.54, 1.807) is 11.8 Å². The van der Waals surface area contributed by atoms with Gasteiger partial charge in [-0.05, 0) is 19.4 Å². The Labute approximate surface area is 99.6 Å². The van der Waals surface area contributed by atoms with Crippen LogP contribution in [-0.4, -0.2) is 45.3 Å². The van der Waals surface area contributed by atoms with Crippen LogP contribution in [-0.2, 0) is 7.05 Å². The molecule has 1 aromatic rings. The lowest BCUT2D eigenvalue weighted by Crippen LogP contribution is -2.29. The lowest BCUT2D eigenvalue weighted by atomic mass is 9.99. The molecule has 90 valence electrons. The molecule has 0 spiro atoms. The van der Waals surface area contributed by atoms with Gasteiger partial charge in [0.15, 0.2) is 5.16 Å². The van der Waals surface area contributed by atoms with E-state index in [2.05, 4.69) is 20.1 Å². The van der Waals surface area contributed by atoms with Crippen LogP contribution >= 0.6 is 11.8 Å². The predicted molar refractivity (Wildman–Crippen MR) is 63.7 cm³/mol. The van der Waals surface area contributed by atoms with Gasteiger partial charge < -0.3 is 15.0 Å². The van der Waals surface area contributed by atoms with Gasteiger partial charge in [-0.25, -0.2) is 0 Å². The van der Waals surface area contributed by atoms with Crippen molar-refractivity contribution in [3.63, 3.8) is 0 Å². The average Bonchev–Trinajstić information content (AvgIpc) is 2.69. The minimum absolute atomic E-state index is 0.178. The van der Waals surface area contributed by atoms with Crippen molar-refractivity contribution in [3.05, 3.63) is 5.82 Å². The molecule has 2 heterocycles. The van der Waals surface area contributed by atoms with E-state index in [4.69, 9.17) is 5.11 Å². The largest absolute Gasteiger partial charge is 0.396 e. The number of rotatable bonds is 4. The number of hydrogen-bond acceptors (Lipinski definition) is 5. The fraction of sp³-hybridized carbons (Fsp3) is 0.800. The van der Waals surface area contributed by atoms with Crippen LogP contribution in [0.4, 0.5) is 0 Å². The Hall–Kier alpha value is -0.590. The molecule has 0 aromatic carbocycles. The van der Waals surface area contributed by atoms with Crippen molar-refractivity contribution in [2.75, 3.05) is 25.4 Å². The lowest BCUT2D eigenvalue weighted by molar-refractivity contribution is 0.322. The van der Waals surface area contributed by atoms with Gasteiger partial charge in [0.25, 0.3) is 0 Å². The number of aromatic nitrogens is 3. The van der Waals surface area contributed by atoms with Gasteiger partial charge in [0.2, 0.25) is 0 Å². The number of nitrogens with one attached hydrogen (secondary N) is 1. The SMILES string of the molecule is Cn1c(SCCO)nnc1C1CCCNC1. The third kappa shape index (κ3) is 2.56. The zero-order valence-electron chi connectivity index (χ0n) is 9.52. The second kappa shape index (κ2) is 5.65. The summed E-state index contributed by atoms with van der Waals surface area (Å²) in [6.45, 7) is 2.29. The highest BCUT2D eigenvalue weighted by Crippen LogP contribution is 2.24. The Balaban J connectivity index is 2.06.